The minimum Gasteiger partial charge on any atom is -0.344 e. The zero-order chi connectivity index (χ0) is 19.1. The number of benzene rings is 3. The van der Waals surface area contributed by atoms with Crippen molar-refractivity contribution in [2.24, 2.45) is 0 Å². The molecule has 0 saturated heterocycles. The molecule has 0 aromatic heterocycles. The molecule has 0 fully saturated rings. The first kappa shape index (κ1) is 18.5. The van der Waals surface area contributed by atoms with Crippen molar-refractivity contribution in [3.8, 4) is 11.8 Å². The van der Waals surface area contributed by atoms with Crippen molar-refractivity contribution >= 4 is 5.91 Å². The molecule has 3 rings (SSSR count). The Bertz CT molecular complexity index is 926. The van der Waals surface area contributed by atoms with Crippen LogP contribution in [0.4, 0.5) is 0 Å². The standard InChI is InChI=1S/C25H23NO/c1-19-10-9-15-21(20(19)2)16-17-25(27)26-18-24(22-11-5-3-6-12-22)23-13-7-4-8-14-23/h3-15,24H,18H2,1-2H3,(H,26,27). The molecular weight excluding hydrogens is 330 g/mol. The van der Waals surface area contributed by atoms with Gasteiger partial charge in [0.25, 0.3) is 5.91 Å². The second kappa shape index (κ2) is 8.87. The lowest BCUT2D eigenvalue weighted by atomic mass is 9.91. The van der Waals surface area contributed by atoms with E-state index in [4.69, 9.17) is 0 Å². The maximum atomic E-state index is 12.3. The molecule has 0 heterocycles. The number of hydrogen-bond donors (Lipinski definition) is 1. The molecule has 0 radical (unpaired) electrons. The van der Waals surface area contributed by atoms with E-state index in [2.05, 4.69) is 41.4 Å². The van der Waals surface area contributed by atoms with E-state index in [9.17, 15) is 4.79 Å². The molecule has 0 atom stereocenters. The third-order valence-corrected chi connectivity index (χ3v) is 4.79. The summed E-state index contributed by atoms with van der Waals surface area (Å²) in [6, 6.07) is 26.4. The Kier molecular flexibility index (Phi) is 6.07. The molecular formula is C25H23NO. The van der Waals surface area contributed by atoms with E-state index >= 15 is 0 Å². The van der Waals surface area contributed by atoms with Crippen LogP contribution < -0.4 is 5.32 Å². The fourth-order valence-corrected chi connectivity index (χ4v) is 3.05. The number of carbonyl (C=O) groups excluding carboxylic acids is 1. The predicted octanol–water partition coefficient (Wildman–Crippen LogP) is 4.60. The third-order valence-electron chi connectivity index (χ3n) is 4.79. The van der Waals surface area contributed by atoms with Crippen LogP contribution in [0, 0.1) is 25.7 Å². The average molecular weight is 353 g/mol. The van der Waals surface area contributed by atoms with Gasteiger partial charge in [-0.05, 0) is 42.2 Å². The second-order valence-corrected chi connectivity index (χ2v) is 6.58. The Morgan fingerprint density at radius 3 is 2.04 bits per heavy atom. The molecule has 134 valence electrons. The first-order valence-corrected chi connectivity index (χ1v) is 9.11. The fraction of sp³-hybridized carbons (Fsp3) is 0.160. The molecule has 3 aromatic rings. The number of nitrogens with one attached hydrogen (secondary N) is 1. The first-order valence-electron chi connectivity index (χ1n) is 9.11. The smallest absolute Gasteiger partial charge is 0.296 e. The third kappa shape index (κ3) is 4.86. The summed E-state index contributed by atoms with van der Waals surface area (Å²) >= 11 is 0. The molecule has 0 spiro atoms. The Morgan fingerprint density at radius 2 is 1.44 bits per heavy atom. The van der Waals surface area contributed by atoms with Crippen LogP contribution in [0.5, 0.6) is 0 Å². The number of rotatable bonds is 4. The van der Waals surface area contributed by atoms with Crippen LogP contribution in [-0.2, 0) is 4.79 Å². The van der Waals surface area contributed by atoms with Crippen molar-refractivity contribution in [3.05, 3.63) is 107 Å². The Labute approximate surface area is 161 Å². The predicted molar refractivity (Wildman–Crippen MR) is 111 cm³/mol. The lowest BCUT2D eigenvalue weighted by Gasteiger charge is -2.18. The van der Waals surface area contributed by atoms with Crippen molar-refractivity contribution in [2.45, 2.75) is 19.8 Å². The van der Waals surface area contributed by atoms with E-state index in [0.29, 0.717) is 6.54 Å². The second-order valence-electron chi connectivity index (χ2n) is 6.58. The van der Waals surface area contributed by atoms with Crippen LogP contribution in [0.2, 0.25) is 0 Å². The molecule has 2 heteroatoms. The number of carbonyl (C=O) groups is 1. The average Bonchev–Trinajstić information content (AvgIpc) is 2.71. The highest BCUT2D eigenvalue weighted by Gasteiger charge is 2.14. The SMILES string of the molecule is Cc1cccc(C#CC(=O)NCC(c2ccccc2)c2ccccc2)c1C. The number of aryl methyl sites for hydroxylation is 1. The molecule has 0 bridgehead atoms. The number of hydrogen-bond acceptors (Lipinski definition) is 1. The lowest BCUT2D eigenvalue weighted by Crippen LogP contribution is -2.27. The quantitative estimate of drug-likeness (QED) is 0.682. The molecule has 2 nitrogen and oxygen atoms in total. The van der Waals surface area contributed by atoms with Crippen LogP contribution >= 0.6 is 0 Å². The largest absolute Gasteiger partial charge is 0.344 e. The monoisotopic (exact) mass is 353 g/mol. The Hall–Kier alpha value is -3.31. The van der Waals surface area contributed by atoms with Crippen molar-refractivity contribution in [1.29, 1.82) is 0 Å². The molecule has 0 aliphatic heterocycles. The molecule has 27 heavy (non-hydrogen) atoms. The highest BCUT2D eigenvalue weighted by atomic mass is 16.1. The lowest BCUT2D eigenvalue weighted by molar-refractivity contribution is -0.115. The highest BCUT2D eigenvalue weighted by Crippen LogP contribution is 2.23. The summed E-state index contributed by atoms with van der Waals surface area (Å²) in [5, 5.41) is 2.97. The molecule has 3 aromatic carbocycles. The van der Waals surface area contributed by atoms with Crippen LogP contribution in [-0.4, -0.2) is 12.5 Å². The van der Waals surface area contributed by atoms with Crippen molar-refractivity contribution < 1.29 is 4.79 Å². The van der Waals surface area contributed by atoms with Crippen molar-refractivity contribution in [1.82, 2.24) is 5.32 Å². The summed E-state index contributed by atoms with van der Waals surface area (Å²) in [6.45, 7) is 4.58. The maximum Gasteiger partial charge on any atom is 0.296 e. The van der Waals surface area contributed by atoms with Gasteiger partial charge in [0, 0.05) is 23.9 Å². The van der Waals surface area contributed by atoms with Crippen molar-refractivity contribution in [2.75, 3.05) is 6.54 Å². The van der Waals surface area contributed by atoms with Gasteiger partial charge >= 0.3 is 0 Å². The fourth-order valence-electron chi connectivity index (χ4n) is 3.05. The minimum absolute atomic E-state index is 0.0962. The van der Waals surface area contributed by atoms with Gasteiger partial charge in [-0.25, -0.2) is 0 Å². The van der Waals surface area contributed by atoms with Crippen LogP contribution in [0.15, 0.2) is 78.9 Å². The minimum atomic E-state index is -0.257. The molecule has 1 N–H and O–H groups in total. The molecule has 0 unspecified atom stereocenters. The Balaban J connectivity index is 1.74. The number of amides is 1. The van der Waals surface area contributed by atoms with Gasteiger partial charge in [-0.15, -0.1) is 0 Å². The summed E-state index contributed by atoms with van der Waals surface area (Å²) in [4.78, 5) is 12.3. The summed E-state index contributed by atoms with van der Waals surface area (Å²) in [6.07, 6.45) is 0. The molecule has 0 aliphatic carbocycles. The zero-order valence-electron chi connectivity index (χ0n) is 15.7. The van der Waals surface area contributed by atoms with E-state index in [0.717, 1.165) is 11.1 Å². The summed E-state index contributed by atoms with van der Waals surface area (Å²) in [5.74, 6) is 5.56. The van der Waals surface area contributed by atoms with E-state index in [1.807, 2.05) is 68.4 Å². The summed E-state index contributed by atoms with van der Waals surface area (Å²) in [5.41, 5.74) is 5.53. The maximum absolute atomic E-state index is 12.3. The van der Waals surface area contributed by atoms with E-state index in [1.165, 1.54) is 16.7 Å². The normalized spacial score (nSPS) is 10.2. The van der Waals surface area contributed by atoms with Gasteiger partial charge < -0.3 is 5.32 Å². The van der Waals surface area contributed by atoms with Gasteiger partial charge in [-0.2, -0.15) is 0 Å². The Morgan fingerprint density at radius 1 is 0.852 bits per heavy atom. The first-order chi connectivity index (χ1) is 13.1. The summed E-state index contributed by atoms with van der Waals surface area (Å²) in [7, 11) is 0. The topological polar surface area (TPSA) is 29.1 Å². The van der Waals surface area contributed by atoms with Crippen LogP contribution in [0.3, 0.4) is 0 Å². The van der Waals surface area contributed by atoms with Gasteiger partial charge in [0.1, 0.15) is 0 Å². The van der Waals surface area contributed by atoms with Gasteiger partial charge in [0.2, 0.25) is 0 Å². The molecule has 0 aliphatic rings. The summed E-state index contributed by atoms with van der Waals surface area (Å²) < 4.78 is 0. The van der Waals surface area contributed by atoms with Gasteiger partial charge in [0.05, 0.1) is 0 Å². The van der Waals surface area contributed by atoms with Gasteiger partial charge in [0.15, 0.2) is 0 Å². The van der Waals surface area contributed by atoms with Crippen LogP contribution in [0.1, 0.15) is 33.7 Å². The van der Waals surface area contributed by atoms with Crippen LogP contribution in [0.25, 0.3) is 0 Å². The van der Waals surface area contributed by atoms with Gasteiger partial charge in [-0.3, -0.25) is 4.79 Å². The van der Waals surface area contributed by atoms with Gasteiger partial charge in [-0.1, -0.05) is 78.7 Å². The van der Waals surface area contributed by atoms with Crippen molar-refractivity contribution in [3.63, 3.8) is 0 Å². The highest BCUT2D eigenvalue weighted by molar-refractivity contribution is 5.94. The van der Waals surface area contributed by atoms with E-state index in [-0.39, 0.29) is 11.8 Å². The van der Waals surface area contributed by atoms with E-state index < -0.39 is 0 Å². The zero-order valence-corrected chi connectivity index (χ0v) is 15.7. The molecule has 0 saturated carbocycles. The van der Waals surface area contributed by atoms with E-state index in [1.54, 1.807) is 0 Å². The molecule has 1 amide bonds.